The van der Waals surface area contributed by atoms with E-state index in [-0.39, 0.29) is 24.0 Å². The van der Waals surface area contributed by atoms with Crippen LogP contribution in [-0.4, -0.2) is 78.5 Å². The maximum Gasteiger partial charge on any atom is 0.193 e. The second-order valence-electron chi connectivity index (χ2n) is 7.62. The molecule has 0 aliphatic carbocycles. The molecule has 162 valence electrons. The molecule has 1 N–H and O–H groups in total. The third kappa shape index (κ3) is 8.24. The van der Waals surface area contributed by atoms with Crippen molar-refractivity contribution in [3.05, 3.63) is 17.5 Å². The van der Waals surface area contributed by atoms with Crippen LogP contribution in [0.1, 0.15) is 50.8 Å². The molecule has 0 bridgehead atoms. The average molecular weight is 506 g/mol. The van der Waals surface area contributed by atoms with E-state index in [1.165, 1.54) is 17.7 Å². The highest BCUT2D eigenvalue weighted by molar-refractivity contribution is 14.0. The Hall–Kier alpha value is -0.870. The van der Waals surface area contributed by atoms with Crippen molar-refractivity contribution < 1.29 is 4.74 Å². The molecule has 0 atom stereocenters. The number of hydrogen-bond donors (Lipinski definition) is 1. The molecular formula is C20H39IN6O. The maximum atomic E-state index is 5.40. The minimum atomic E-state index is 0. The number of nitrogens with one attached hydrogen (secondary N) is 1. The summed E-state index contributed by atoms with van der Waals surface area (Å²) in [5.74, 6) is 1.40. The van der Waals surface area contributed by atoms with Crippen molar-refractivity contribution in [3.8, 4) is 0 Å². The van der Waals surface area contributed by atoms with Crippen LogP contribution in [0, 0.1) is 0 Å². The smallest absolute Gasteiger partial charge is 0.193 e. The van der Waals surface area contributed by atoms with Crippen LogP contribution in [0.5, 0.6) is 0 Å². The number of aromatic nitrogens is 2. The molecule has 2 heterocycles. The predicted molar refractivity (Wildman–Crippen MR) is 127 cm³/mol. The van der Waals surface area contributed by atoms with E-state index >= 15 is 0 Å². The number of unbranched alkanes of at least 4 members (excludes halogenated alkanes) is 1. The Morgan fingerprint density at radius 1 is 1.32 bits per heavy atom. The molecule has 2 rings (SSSR count). The van der Waals surface area contributed by atoms with E-state index in [2.05, 4.69) is 54.2 Å². The molecule has 8 heteroatoms. The van der Waals surface area contributed by atoms with Gasteiger partial charge in [-0.15, -0.1) is 24.0 Å². The topological polar surface area (TPSA) is 57.9 Å². The fourth-order valence-corrected chi connectivity index (χ4v) is 3.42. The molecule has 0 radical (unpaired) electrons. The fraction of sp³-hybridized carbons (Fsp3) is 0.800. The van der Waals surface area contributed by atoms with Gasteiger partial charge < -0.3 is 15.0 Å². The second-order valence-corrected chi connectivity index (χ2v) is 7.62. The van der Waals surface area contributed by atoms with Crippen LogP contribution in [0.4, 0.5) is 0 Å². The van der Waals surface area contributed by atoms with E-state index in [1.807, 2.05) is 11.7 Å². The van der Waals surface area contributed by atoms with Gasteiger partial charge in [0.15, 0.2) is 5.96 Å². The summed E-state index contributed by atoms with van der Waals surface area (Å²) in [6.07, 6.45) is 4.43. The quantitative estimate of drug-likeness (QED) is 0.242. The summed E-state index contributed by atoms with van der Waals surface area (Å²) in [7, 11) is 4.09. The third-order valence-corrected chi connectivity index (χ3v) is 4.84. The van der Waals surface area contributed by atoms with Crippen LogP contribution in [0.2, 0.25) is 0 Å². The highest BCUT2D eigenvalue weighted by Crippen LogP contribution is 2.18. The SMILES string of the molecule is CCNC(=NCCCCN1CCOCC1)N(C)Cc1cn(C)nc1C(C)C.I. The van der Waals surface area contributed by atoms with Crippen LogP contribution in [0.15, 0.2) is 11.2 Å². The number of hydrogen-bond acceptors (Lipinski definition) is 4. The molecule has 1 fully saturated rings. The number of aliphatic imine (C=N–C) groups is 1. The number of halogens is 1. The zero-order valence-electron chi connectivity index (χ0n) is 18.3. The van der Waals surface area contributed by atoms with Crippen LogP contribution < -0.4 is 5.32 Å². The molecule has 0 amide bonds. The Balaban J connectivity index is 0.00000392. The van der Waals surface area contributed by atoms with E-state index in [0.717, 1.165) is 64.9 Å². The lowest BCUT2D eigenvalue weighted by Crippen LogP contribution is -2.38. The summed E-state index contributed by atoms with van der Waals surface area (Å²) < 4.78 is 7.31. The first-order chi connectivity index (χ1) is 13.0. The predicted octanol–water partition coefficient (Wildman–Crippen LogP) is 2.67. The minimum absolute atomic E-state index is 0. The van der Waals surface area contributed by atoms with Crippen molar-refractivity contribution in [1.82, 2.24) is 24.9 Å². The summed E-state index contributed by atoms with van der Waals surface area (Å²) in [5, 5.41) is 8.04. The van der Waals surface area contributed by atoms with Gasteiger partial charge in [-0.25, -0.2) is 0 Å². The van der Waals surface area contributed by atoms with Crippen LogP contribution in [0.3, 0.4) is 0 Å². The van der Waals surface area contributed by atoms with Crippen LogP contribution >= 0.6 is 24.0 Å². The number of aryl methyl sites for hydroxylation is 1. The van der Waals surface area contributed by atoms with Gasteiger partial charge in [-0.05, 0) is 32.2 Å². The summed E-state index contributed by atoms with van der Waals surface area (Å²) in [5.41, 5.74) is 2.44. The van der Waals surface area contributed by atoms with E-state index in [4.69, 9.17) is 9.73 Å². The molecule has 0 aromatic carbocycles. The first kappa shape index (κ1) is 25.2. The minimum Gasteiger partial charge on any atom is -0.379 e. The molecule has 0 unspecified atom stereocenters. The monoisotopic (exact) mass is 506 g/mol. The summed E-state index contributed by atoms with van der Waals surface area (Å²) >= 11 is 0. The van der Waals surface area contributed by atoms with Gasteiger partial charge in [0, 0.05) is 58.6 Å². The van der Waals surface area contributed by atoms with E-state index in [0.29, 0.717) is 5.92 Å². The van der Waals surface area contributed by atoms with Crippen molar-refractivity contribution in [1.29, 1.82) is 0 Å². The van der Waals surface area contributed by atoms with Crippen LogP contribution in [-0.2, 0) is 18.3 Å². The van der Waals surface area contributed by atoms with E-state index < -0.39 is 0 Å². The first-order valence-electron chi connectivity index (χ1n) is 10.3. The number of ether oxygens (including phenoxy) is 1. The van der Waals surface area contributed by atoms with Gasteiger partial charge in [0.05, 0.1) is 18.9 Å². The van der Waals surface area contributed by atoms with Crippen LogP contribution in [0.25, 0.3) is 0 Å². The van der Waals surface area contributed by atoms with Gasteiger partial charge >= 0.3 is 0 Å². The van der Waals surface area contributed by atoms with Crippen molar-refractivity contribution in [3.63, 3.8) is 0 Å². The number of nitrogens with zero attached hydrogens (tertiary/aromatic N) is 5. The molecule has 7 nitrogen and oxygen atoms in total. The highest BCUT2D eigenvalue weighted by Gasteiger charge is 2.15. The van der Waals surface area contributed by atoms with Gasteiger partial charge in [-0.3, -0.25) is 14.6 Å². The van der Waals surface area contributed by atoms with Crippen molar-refractivity contribution in [2.45, 2.75) is 46.1 Å². The van der Waals surface area contributed by atoms with Gasteiger partial charge in [0.2, 0.25) is 0 Å². The molecule has 1 saturated heterocycles. The maximum absolute atomic E-state index is 5.40. The number of rotatable bonds is 9. The van der Waals surface area contributed by atoms with Crippen molar-refractivity contribution in [2.24, 2.45) is 12.0 Å². The molecule has 0 spiro atoms. The molecule has 28 heavy (non-hydrogen) atoms. The standard InChI is InChI=1S/C20H38N6O.HI/c1-6-21-20(22-9-7-8-10-26-11-13-27-14-12-26)24(4)15-18-16-25(5)23-19(18)17(2)3;/h16-17H,6-15H2,1-5H3,(H,21,22);1H. The molecule has 1 aromatic heterocycles. The Morgan fingerprint density at radius 2 is 2.04 bits per heavy atom. The Labute approximate surface area is 187 Å². The lowest BCUT2D eigenvalue weighted by molar-refractivity contribution is 0.0373. The Bertz CT molecular complexity index is 583. The Morgan fingerprint density at radius 3 is 2.68 bits per heavy atom. The summed E-state index contributed by atoms with van der Waals surface area (Å²) in [6.45, 7) is 14.1. The molecule has 1 aromatic rings. The van der Waals surface area contributed by atoms with Gasteiger partial charge in [-0.1, -0.05) is 13.8 Å². The number of guanidine groups is 1. The summed E-state index contributed by atoms with van der Waals surface area (Å²) in [6, 6.07) is 0. The van der Waals surface area contributed by atoms with Gasteiger partial charge in [0.1, 0.15) is 0 Å². The van der Waals surface area contributed by atoms with Gasteiger partial charge in [-0.2, -0.15) is 5.10 Å². The lowest BCUT2D eigenvalue weighted by Gasteiger charge is -2.26. The summed E-state index contributed by atoms with van der Waals surface area (Å²) in [4.78, 5) is 9.52. The normalized spacial score (nSPS) is 15.6. The lowest BCUT2D eigenvalue weighted by atomic mass is 10.1. The third-order valence-electron chi connectivity index (χ3n) is 4.84. The van der Waals surface area contributed by atoms with Gasteiger partial charge in [0.25, 0.3) is 0 Å². The van der Waals surface area contributed by atoms with Crippen molar-refractivity contribution in [2.75, 3.05) is 53.0 Å². The number of morpholine rings is 1. The first-order valence-corrected chi connectivity index (χ1v) is 10.3. The molecular weight excluding hydrogens is 467 g/mol. The molecule has 1 aliphatic heterocycles. The second kappa shape index (κ2) is 13.4. The highest BCUT2D eigenvalue weighted by atomic mass is 127. The average Bonchev–Trinajstić information content (AvgIpc) is 3.02. The molecule has 1 aliphatic rings. The fourth-order valence-electron chi connectivity index (χ4n) is 3.42. The zero-order valence-corrected chi connectivity index (χ0v) is 20.6. The molecule has 0 saturated carbocycles. The van der Waals surface area contributed by atoms with Crippen molar-refractivity contribution >= 4 is 29.9 Å². The van der Waals surface area contributed by atoms with E-state index in [9.17, 15) is 0 Å². The zero-order chi connectivity index (χ0) is 19.6. The Kier molecular flexibility index (Phi) is 12.0. The largest absolute Gasteiger partial charge is 0.379 e. The van der Waals surface area contributed by atoms with E-state index in [1.54, 1.807) is 0 Å².